The van der Waals surface area contributed by atoms with Gasteiger partial charge in [0.25, 0.3) is 0 Å². The number of amides is 2. The molecule has 2 aromatic rings. The highest BCUT2D eigenvalue weighted by atomic mass is 35.5. The van der Waals surface area contributed by atoms with E-state index in [1.165, 1.54) is 4.90 Å². The van der Waals surface area contributed by atoms with E-state index in [4.69, 9.17) is 23.2 Å². The first-order chi connectivity index (χ1) is 12.4. The highest BCUT2D eigenvalue weighted by Gasteiger charge is 2.17. The molecule has 0 radical (unpaired) electrons. The Labute approximate surface area is 164 Å². The monoisotopic (exact) mass is 398 g/mol. The predicted molar refractivity (Wildman–Crippen MR) is 105 cm³/mol. The van der Waals surface area contributed by atoms with E-state index in [0.717, 1.165) is 17.9 Å². The van der Waals surface area contributed by atoms with Crippen LogP contribution >= 0.6 is 23.2 Å². The lowest BCUT2D eigenvalue weighted by atomic mass is 10.2. The molecule has 0 fully saturated rings. The number of nitrogens with zero attached hydrogens (tertiary/aromatic N) is 3. The van der Waals surface area contributed by atoms with E-state index in [0.29, 0.717) is 36.2 Å². The van der Waals surface area contributed by atoms with Crippen LogP contribution in [-0.2, 0) is 13.1 Å². The Bertz CT molecular complexity index is 732. The standard InChI is InChI=1S/C18H25Cl2N5O/c1-4-21-18(26)25(10-9-23(2)3)13-17-22-7-8-24(17)12-14-5-6-15(19)16(20)11-14/h5-8,11H,4,9-10,12-13H2,1-3H3,(H,21,26)/p+1. The van der Waals surface area contributed by atoms with Crippen molar-refractivity contribution in [2.75, 3.05) is 33.7 Å². The van der Waals surface area contributed by atoms with Crippen molar-refractivity contribution in [2.45, 2.75) is 20.0 Å². The Morgan fingerprint density at radius 3 is 2.73 bits per heavy atom. The summed E-state index contributed by atoms with van der Waals surface area (Å²) in [7, 11) is 4.14. The van der Waals surface area contributed by atoms with Gasteiger partial charge in [-0.3, -0.25) is 0 Å². The smallest absolute Gasteiger partial charge is 0.318 e. The number of hydrogen-bond acceptors (Lipinski definition) is 2. The average molecular weight is 399 g/mol. The van der Waals surface area contributed by atoms with Gasteiger partial charge in [-0.15, -0.1) is 0 Å². The van der Waals surface area contributed by atoms with Crippen LogP contribution in [0.3, 0.4) is 0 Å². The molecule has 2 N–H and O–H groups in total. The average Bonchev–Trinajstić information content (AvgIpc) is 3.01. The number of benzene rings is 1. The third-order valence-corrected chi connectivity index (χ3v) is 4.71. The first kappa shape index (κ1) is 20.6. The quantitative estimate of drug-likeness (QED) is 0.713. The fourth-order valence-electron chi connectivity index (χ4n) is 2.52. The van der Waals surface area contributed by atoms with Gasteiger partial charge < -0.3 is 19.7 Å². The number of carbonyl (C=O) groups excluding carboxylic acids is 1. The third kappa shape index (κ3) is 5.90. The van der Waals surface area contributed by atoms with Crippen LogP contribution in [0.5, 0.6) is 0 Å². The van der Waals surface area contributed by atoms with Gasteiger partial charge in [0, 0.05) is 25.5 Å². The third-order valence-electron chi connectivity index (χ3n) is 3.97. The Kier molecular flexibility index (Phi) is 7.75. The molecule has 0 saturated carbocycles. The van der Waals surface area contributed by atoms with Gasteiger partial charge in [-0.2, -0.15) is 0 Å². The number of hydrogen-bond donors (Lipinski definition) is 2. The molecule has 0 aliphatic rings. The van der Waals surface area contributed by atoms with Gasteiger partial charge in [-0.25, -0.2) is 9.78 Å². The molecule has 0 spiro atoms. The Balaban J connectivity index is 2.12. The van der Waals surface area contributed by atoms with Crippen LogP contribution < -0.4 is 10.2 Å². The minimum absolute atomic E-state index is 0.0714. The number of aromatic nitrogens is 2. The second-order valence-electron chi connectivity index (χ2n) is 6.43. The molecule has 0 aliphatic carbocycles. The van der Waals surface area contributed by atoms with E-state index < -0.39 is 0 Å². The molecule has 1 aromatic carbocycles. The van der Waals surface area contributed by atoms with E-state index in [1.54, 1.807) is 17.2 Å². The number of halogens is 2. The van der Waals surface area contributed by atoms with Crippen molar-refractivity contribution in [3.05, 3.63) is 52.0 Å². The second kappa shape index (κ2) is 9.80. The van der Waals surface area contributed by atoms with Gasteiger partial charge >= 0.3 is 6.03 Å². The molecular weight excluding hydrogens is 373 g/mol. The van der Waals surface area contributed by atoms with Crippen LogP contribution in [0.4, 0.5) is 4.79 Å². The minimum atomic E-state index is -0.0714. The largest absolute Gasteiger partial charge is 0.338 e. The molecule has 8 heteroatoms. The molecule has 0 unspecified atom stereocenters. The molecule has 0 saturated heterocycles. The second-order valence-corrected chi connectivity index (χ2v) is 7.25. The van der Waals surface area contributed by atoms with Crippen molar-refractivity contribution < 1.29 is 9.69 Å². The summed E-state index contributed by atoms with van der Waals surface area (Å²) in [5.74, 6) is 0.830. The minimum Gasteiger partial charge on any atom is -0.338 e. The van der Waals surface area contributed by atoms with Crippen molar-refractivity contribution in [1.29, 1.82) is 0 Å². The van der Waals surface area contributed by atoms with Crippen LogP contribution in [0, 0.1) is 0 Å². The van der Waals surface area contributed by atoms with Gasteiger partial charge in [0.15, 0.2) is 0 Å². The van der Waals surface area contributed by atoms with E-state index in [1.807, 2.05) is 29.8 Å². The van der Waals surface area contributed by atoms with Crippen LogP contribution in [0.1, 0.15) is 18.3 Å². The van der Waals surface area contributed by atoms with E-state index in [-0.39, 0.29) is 6.03 Å². The molecule has 2 amide bonds. The normalized spacial score (nSPS) is 11.0. The summed E-state index contributed by atoms with van der Waals surface area (Å²) < 4.78 is 2.02. The summed E-state index contributed by atoms with van der Waals surface area (Å²) in [4.78, 5) is 19.9. The van der Waals surface area contributed by atoms with Crippen molar-refractivity contribution in [2.24, 2.45) is 0 Å². The molecule has 6 nitrogen and oxygen atoms in total. The van der Waals surface area contributed by atoms with Gasteiger partial charge in [-0.1, -0.05) is 29.3 Å². The summed E-state index contributed by atoms with van der Waals surface area (Å²) in [5.41, 5.74) is 1.03. The SMILES string of the molecule is CCNC(=O)N(CC[NH+](C)C)Cc1nccn1Cc1ccc(Cl)c(Cl)c1. The zero-order valence-corrected chi connectivity index (χ0v) is 16.9. The molecule has 26 heavy (non-hydrogen) atoms. The summed E-state index contributed by atoms with van der Waals surface area (Å²) >= 11 is 12.1. The fourth-order valence-corrected chi connectivity index (χ4v) is 2.84. The number of nitrogens with one attached hydrogen (secondary N) is 2. The lowest BCUT2D eigenvalue weighted by Gasteiger charge is -2.23. The highest BCUT2D eigenvalue weighted by molar-refractivity contribution is 6.42. The van der Waals surface area contributed by atoms with E-state index >= 15 is 0 Å². The fraction of sp³-hybridized carbons (Fsp3) is 0.444. The zero-order chi connectivity index (χ0) is 19.1. The lowest BCUT2D eigenvalue weighted by molar-refractivity contribution is -0.857. The van der Waals surface area contributed by atoms with Crippen molar-refractivity contribution in [3.63, 3.8) is 0 Å². The number of likely N-dealkylation sites (N-methyl/N-ethyl adjacent to an activating group) is 1. The molecule has 142 valence electrons. The molecule has 2 rings (SSSR count). The number of urea groups is 1. The molecule has 0 aliphatic heterocycles. The molecule has 0 atom stereocenters. The summed E-state index contributed by atoms with van der Waals surface area (Å²) in [6, 6.07) is 5.51. The maximum Gasteiger partial charge on any atom is 0.318 e. The number of quaternary nitrogens is 1. The van der Waals surface area contributed by atoms with E-state index in [2.05, 4.69) is 24.4 Å². The van der Waals surface area contributed by atoms with Gasteiger partial charge in [0.2, 0.25) is 0 Å². The molecular formula is C18H26Cl2N5O+. The molecule has 1 heterocycles. The number of carbonyl (C=O) groups is 1. The predicted octanol–water partition coefficient (Wildman–Crippen LogP) is 1.91. The topological polar surface area (TPSA) is 54.6 Å². The number of imidazole rings is 1. The number of rotatable bonds is 8. The van der Waals surface area contributed by atoms with Gasteiger partial charge in [0.05, 0.1) is 43.8 Å². The van der Waals surface area contributed by atoms with Crippen LogP contribution in [0.25, 0.3) is 0 Å². The maximum absolute atomic E-state index is 12.4. The van der Waals surface area contributed by atoms with Crippen molar-refractivity contribution >= 4 is 29.2 Å². The lowest BCUT2D eigenvalue weighted by Crippen LogP contribution is -3.06. The van der Waals surface area contributed by atoms with Gasteiger partial charge in [-0.05, 0) is 24.6 Å². The molecule has 0 bridgehead atoms. The summed E-state index contributed by atoms with van der Waals surface area (Å²) in [6.45, 7) is 5.11. The van der Waals surface area contributed by atoms with Crippen LogP contribution in [-0.4, -0.2) is 54.2 Å². The zero-order valence-electron chi connectivity index (χ0n) is 15.4. The Morgan fingerprint density at radius 1 is 1.31 bits per heavy atom. The first-order valence-electron chi connectivity index (χ1n) is 8.66. The summed E-state index contributed by atoms with van der Waals surface area (Å²) in [6.07, 6.45) is 3.66. The maximum atomic E-state index is 12.4. The molecule has 1 aromatic heterocycles. The summed E-state index contributed by atoms with van der Waals surface area (Å²) in [5, 5.41) is 3.94. The van der Waals surface area contributed by atoms with Crippen LogP contribution in [0.2, 0.25) is 10.0 Å². The highest BCUT2D eigenvalue weighted by Crippen LogP contribution is 2.23. The van der Waals surface area contributed by atoms with E-state index in [9.17, 15) is 4.79 Å². The van der Waals surface area contributed by atoms with Crippen molar-refractivity contribution in [3.8, 4) is 0 Å². The van der Waals surface area contributed by atoms with Gasteiger partial charge in [0.1, 0.15) is 5.82 Å². The van der Waals surface area contributed by atoms with Crippen molar-refractivity contribution in [1.82, 2.24) is 19.8 Å². The first-order valence-corrected chi connectivity index (χ1v) is 9.42. The Morgan fingerprint density at radius 2 is 2.08 bits per heavy atom. The van der Waals surface area contributed by atoms with Crippen LogP contribution in [0.15, 0.2) is 30.6 Å². The Hall–Kier alpha value is -1.76.